The summed E-state index contributed by atoms with van der Waals surface area (Å²) in [5, 5.41) is 3.31. The van der Waals surface area contributed by atoms with Crippen LogP contribution in [0.2, 0.25) is 0 Å². The van der Waals surface area contributed by atoms with Crippen molar-refractivity contribution in [3.05, 3.63) is 70.8 Å². The number of rotatable bonds is 5. The quantitative estimate of drug-likeness (QED) is 0.612. The predicted octanol–water partition coefficient (Wildman–Crippen LogP) is 4.64. The SMILES string of the molecule is CCn1cc(C=C2SC(=O)N(CC(=O)Nc3cccc(C)c3)C2=O)c2ccccc21. The van der Waals surface area contributed by atoms with Crippen molar-refractivity contribution in [3.8, 4) is 0 Å². The van der Waals surface area contributed by atoms with E-state index >= 15 is 0 Å². The molecular formula is C23H21N3O3S. The summed E-state index contributed by atoms with van der Waals surface area (Å²) in [5.41, 5.74) is 3.59. The number of fused-ring (bicyclic) bond motifs is 1. The average molecular weight is 420 g/mol. The molecule has 2 aromatic carbocycles. The summed E-state index contributed by atoms with van der Waals surface area (Å²) in [5.74, 6) is -0.857. The third kappa shape index (κ3) is 3.89. The van der Waals surface area contributed by atoms with Crippen molar-refractivity contribution < 1.29 is 14.4 Å². The Hall–Kier alpha value is -3.32. The number of hydrogen-bond acceptors (Lipinski definition) is 4. The Bertz CT molecular complexity index is 1200. The lowest BCUT2D eigenvalue weighted by Gasteiger charge is -2.12. The number of nitrogens with one attached hydrogen (secondary N) is 1. The lowest BCUT2D eigenvalue weighted by molar-refractivity contribution is -0.127. The van der Waals surface area contributed by atoms with Gasteiger partial charge >= 0.3 is 0 Å². The van der Waals surface area contributed by atoms with Crippen molar-refractivity contribution in [3.63, 3.8) is 0 Å². The van der Waals surface area contributed by atoms with E-state index < -0.39 is 17.1 Å². The van der Waals surface area contributed by atoms with Crippen molar-refractivity contribution in [1.29, 1.82) is 0 Å². The van der Waals surface area contributed by atoms with Crippen LogP contribution in [0.3, 0.4) is 0 Å². The van der Waals surface area contributed by atoms with Crippen LogP contribution in [0.1, 0.15) is 18.1 Å². The van der Waals surface area contributed by atoms with E-state index in [0.717, 1.165) is 45.2 Å². The molecule has 3 amide bonds. The van der Waals surface area contributed by atoms with Gasteiger partial charge in [-0.2, -0.15) is 0 Å². The van der Waals surface area contributed by atoms with E-state index in [4.69, 9.17) is 0 Å². The molecule has 0 bridgehead atoms. The van der Waals surface area contributed by atoms with E-state index in [1.54, 1.807) is 12.1 Å². The highest BCUT2D eigenvalue weighted by atomic mass is 32.2. The fraction of sp³-hybridized carbons (Fsp3) is 0.174. The van der Waals surface area contributed by atoms with Crippen molar-refractivity contribution in [2.24, 2.45) is 0 Å². The number of benzene rings is 2. The molecule has 0 atom stereocenters. The van der Waals surface area contributed by atoms with Crippen LogP contribution in [0.15, 0.2) is 59.6 Å². The molecule has 30 heavy (non-hydrogen) atoms. The highest BCUT2D eigenvalue weighted by molar-refractivity contribution is 8.18. The molecule has 152 valence electrons. The van der Waals surface area contributed by atoms with Crippen LogP contribution in [0.4, 0.5) is 10.5 Å². The lowest BCUT2D eigenvalue weighted by atomic mass is 10.1. The minimum Gasteiger partial charge on any atom is -0.347 e. The van der Waals surface area contributed by atoms with Crippen LogP contribution in [-0.2, 0) is 16.1 Å². The normalized spacial score (nSPS) is 15.4. The molecule has 0 aliphatic carbocycles. The third-order valence-electron chi connectivity index (χ3n) is 4.92. The number of thioether (sulfide) groups is 1. The maximum Gasteiger partial charge on any atom is 0.294 e. The van der Waals surface area contributed by atoms with E-state index in [-0.39, 0.29) is 6.54 Å². The molecule has 1 saturated heterocycles. The summed E-state index contributed by atoms with van der Waals surface area (Å²) >= 11 is 0.862. The second kappa shape index (κ2) is 8.20. The van der Waals surface area contributed by atoms with E-state index in [0.29, 0.717) is 10.6 Å². The number of nitrogens with zero attached hydrogens (tertiary/aromatic N) is 2. The van der Waals surface area contributed by atoms with Gasteiger partial charge in [-0.3, -0.25) is 19.3 Å². The topological polar surface area (TPSA) is 71.4 Å². The second-order valence-electron chi connectivity index (χ2n) is 7.07. The van der Waals surface area contributed by atoms with Gasteiger partial charge in [0.15, 0.2) is 0 Å². The van der Waals surface area contributed by atoms with Gasteiger partial charge in [0.25, 0.3) is 11.1 Å². The standard InChI is InChI=1S/C23H21N3O3S/c1-3-25-13-16(18-9-4-5-10-19(18)25)12-20-22(28)26(23(29)30-20)14-21(27)24-17-8-6-7-15(2)11-17/h4-13H,3,14H2,1-2H3,(H,24,27). The first-order valence-electron chi connectivity index (χ1n) is 9.66. The first kappa shape index (κ1) is 20.0. The zero-order chi connectivity index (χ0) is 21.3. The van der Waals surface area contributed by atoms with Crippen LogP contribution in [-0.4, -0.2) is 33.1 Å². The molecule has 0 spiro atoms. The Kier molecular flexibility index (Phi) is 5.46. The fourth-order valence-corrected chi connectivity index (χ4v) is 4.33. The monoisotopic (exact) mass is 419 g/mol. The predicted molar refractivity (Wildman–Crippen MR) is 120 cm³/mol. The van der Waals surface area contributed by atoms with Gasteiger partial charge < -0.3 is 9.88 Å². The van der Waals surface area contributed by atoms with Gasteiger partial charge in [0.1, 0.15) is 6.54 Å². The maximum absolute atomic E-state index is 12.8. The molecular weight excluding hydrogens is 398 g/mol. The highest BCUT2D eigenvalue weighted by Gasteiger charge is 2.36. The zero-order valence-corrected chi connectivity index (χ0v) is 17.5. The number of carbonyl (C=O) groups excluding carboxylic acids is 3. The summed E-state index contributed by atoms with van der Waals surface area (Å²) < 4.78 is 2.10. The summed E-state index contributed by atoms with van der Waals surface area (Å²) in [6, 6.07) is 15.3. The smallest absolute Gasteiger partial charge is 0.294 e. The first-order valence-corrected chi connectivity index (χ1v) is 10.5. The Balaban J connectivity index is 1.54. The first-order chi connectivity index (χ1) is 14.5. The van der Waals surface area contributed by atoms with Gasteiger partial charge in [0.2, 0.25) is 5.91 Å². The average Bonchev–Trinajstić information content (AvgIpc) is 3.20. The number of amides is 3. The molecule has 1 fully saturated rings. The molecule has 1 aromatic heterocycles. The molecule has 1 aliphatic heterocycles. The van der Waals surface area contributed by atoms with Crippen LogP contribution < -0.4 is 5.32 Å². The Morgan fingerprint density at radius 2 is 1.93 bits per heavy atom. The van der Waals surface area contributed by atoms with Gasteiger partial charge in [0.05, 0.1) is 4.91 Å². The van der Waals surface area contributed by atoms with E-state index in [9.17, 15) is 14.4 Å². The van der Waals surface area contributed by atoms with Crippen LogP contribution in [0.5, 0.6) is 0 Å². The minimum atomic E-state index is -0.447. The van der Waals surface area contributed by atoms with Crippen LogP contribution in [0.25, 0.3) is 17.0 Å². The molecule has 0 saturated carbocycles. The van der Waals surface area contributed by atoms with Crippen molar-refractivity contribution in [2.45, 2.75) is 20.4 Å². The van der Waals surface area contributed by atoms with Gasteiger partial charge in [-0.15, -0.1) is 0 Å². The second-order valence-corrected chi connectivity index (χ2v) is 8.07. The Morgan fingerprint density at radius 3 is 2.70 bits per heavy atom. The zero-order valence-electron chi connectivity index (χ0n) is 16.7. The summed E-state index contributed by atoms with van der Waals surface area (Å²) in [7, 11) is 0. The molecule has 7 heteroatoms. The largest absolute Gasteiger partial charge is 0.347 e. The van der Waals surface area contributed by atoms with Gasteiger partial charge in [-0.25, -0.2) is 0 Å². The molecule has 4 rings (SSSR count). The Morgan fingerprint density at radius 1 is 1.13 bits per heavy atom. The fourth-order valence-electron chi connectivity index (χ4n) is 3.50. The molecule has 0 radical (unpaired) electrons. The summed E-state index contributed by atoms with van der Waals surface area (Å²) in [6.45, 7) is 4.46. The van der Waals surface area contributed by atoms with Gasteiger partial charge in [0, 0.05) is 34.9 Å². The molecule has 6 nitrogen and oxygen atoms in total. The number of imide groups is 1. The highest BCUT2D eigenvalue weighted by Crippen LogP contribution is 2.34. The number of aryl methyl sites for hydroxylation is 2. The number of carbonyl (C=O) groups is 3. The number of hydrogen-bond donors (Lipinski definition) is 1. The van der Waals surface area contributed by atoms with E-state index in [1.807, 2.05) is 55.6 Å². The van der Waals surface area contributed by atoms with E-state index in [1.165, 1.54) is 0 Å². The van der Waals surface area contributed by atoms with E-state index in [2.05, 4.69) is 16.8 Å². The van der Waals surface area contributed by atoms with Crippen LogP contribution >= 0.6 is 11.8 Å². The lowest BCUT2D eigenvalue weighted by Crippen LogP contribution is -2.36. The van der Waals surface area contributed by atoms with Crippen LogP contribution in [0, 0.1) is 6.92 Å². The van der Waals surface area contributed by atoms with Gasteiger partial charge in [-0.05, 0) is 55.4 Å². The Labute approximate surface area is 178 Å². The molecule has 1 N–H and O–H groups in total. The summed E-state index contributed by atoms with van der Waals surface area (Å²) in [4.78, 5) is 38.9. The molecule has 3 aromatic rings. The molecule has 2 heterocycles. The molecule has 0 unspecified atom stereocenters. The maximum atomic E-state index is 12.8. The number of para-hydroxylation sites is 1. The number of aromatic nitrogens is 1. The number of anilines is 1. The molecule has 1 aliphatic rings. The summed E-state index contributed by atoms with van der Waals surface area (Å²) in [6.07, 6.45) is 3.71. The van der Waals surface area contributed by atoms with Crippen molar-refractivity contribution >= 4 is 51.5 Å². The minimum absolute atomic E-state index is 0.313. The third-order valence-corrected chi connectivity index (χ3v) is 5.83. The van der Waals surface area contributed by atoms with Gasteiger partial charge in [-0.1, -0.05) is 30.3 Å². The van der Waals surface area contributed by atoms with Crippen molar-refractivity contribution in [1.82, 2.24) is 9.47 Å². The van der Waals surface area contributed by atoms with Crippen molar-refractivity contribution in [2.75, 3.05) is 11.9 Å².